The maximum absolute atomic E-state index is 11.6. The Balaban J connectivity index is 1.61. The maximum Gasteiger partial charge on any atom is 0.315 e. The number of hydrogen-bond acceptors (Lipinski definition) is 3. The van der Waals surface area contributed by atoms with Crippen LogP contribution in [0.25, 0.3) is 0 Å². The fourth-order valence-electron chi connectivity index (χ4n) is 2.39. The van der Waals surface area contributed by atoms with Crippen LogP contribution >= 0.6 is 0 Å². The standard InChI is InChI=1S/C13H24N2O3/c1-9(7-13(3)17-4-5-18-13)8-14-12(16)15-11-6-10(11)2/h9-11H,4-8H2,1-3H3,(H2,14,15,16). The van der Waals surface area contributed by atoms with Crippen molar-refractivity contribution in [2.24, 2.45) is 11.8 Å². The number of amides is 2. The Morgan fingerprint density at radius 3 is 2.61 bits per heavy atom. The Morgan fingerprint density at radius 1 is 1.44 bits per heavy atom. The lowest BCUT2D eigenvalue weighted by Crippen LogP contribution is -2.40. The Morgan fingerprint density at radius 2 is 2.06 bits per heavy atom. The Bertz CT molecular complexity index is 303. The second-order valence-electron chi connectivity index (χ2n) is 5.81. The van der Waals surface area contributed by atoms with Gasteiger partial charge in [0.05, 0.1) is 13.2 Å². The molecule has 18 heavy (non-hydrogen) atoms. The summed E-state index contributed by atoms with van der Waals surface area (Å²) >= 11 is 0. The van der Waals surface area contributed by atoms with Gasteiger partial charge >= 0.3 is 6.03 Å². The summed E-state index contributed by atoms with van der Waals surface area (Å²) in [4.78, 5) is 11.6. The van der Waals surface area contributed by atoms with Crippen LogP contribution in [-0.2, 0) is 9.47 Å². The third-order valence-electron chi connectivity index (χ3n) is 3.65. The lowest BCUT2D eigenvalue weighted by atomic mass is 10.0. The number of rotatable bonds is 5. The highest BCUT2D eigenvalue weighted by atomic mass is 16.7. The number of ether oxygens (including phenoxy) is 2. The van der Waals surface area contributed by atoms with Crippen LogP contribution in [0, 0.1) is 11.8 Å². The molecule has 2 amide bonds. The van der Waals surface area contributed by atoms with Gasteiger partial charge in [-0.15, -0.1) is 0 Å². The van der Waals surface area contributed by atoms with E-state index in [1.807, 2.05) is 6.92 Å². The molecule has 0 radical (unpaired) electrons. The highest BCUT2D eigenvalue weighted by molar-refractivity contribution is 5.74. The minimum absolute atomic E-state index is 0.0605. The first kappa shape index (κ1) is 13.6. The topological polar surface area (TPSA) is 59.6 Å². The van der Waals surface area contributed by atoms with E-state index in [0.717, 1.165) is 12.8 Å². The first-order chi connectivity index (χ1) is 8.48. The molecule has 2 rings (SSSR count). The van der Waals surface area contributed by atoms with Gasteiger partial charge in [0.1, 0.15) is 0 Å². The first-order valence-electron chi connectivity index (χ1n) is 6.81. The van der Waals surface area contributed by atoms with E-state index in [9.17, 15) is 4.79 Å². The molecule has 0 aromatic rings. The Hall–Kier alpha value is -0.810. The van der Waals surface area contributed by atoms with Gasteiger partial charge in [0.25, 0.3) is 0 Å². The van der Waals surface area contributed by atoms with Crippen molar-refractivity contribution >= 4 is 6.03 Å². The molecule has 3 atom stereocenters. The highest BCUT2D eigenvalue weighted by Gasteiger charge is 2.34. The molecule has 1 aliphatic heterocycles. The monoisotopic (exact) mass is 256 g/mol. The number of carbonyl (C=O) groups is 1. The van der Waals surface area contributed by atoms with Gasteiger partial charge in [0.2, 0.25) is 0 Å². The molecule has 0 spiro atoms. The molecule has 2 N–H and O–H groups in total. The number of urea groups is 1. The quantitative estimate of drug-likeness (QED) is 0.783. The average Bonchev–Trinajstić information content (AvgIpc) is 2.80. The third kappa shape index (κ3) is 3.85. The van der Waals surface area contributed by atoms with Gasteiger partial charge in [0, 0.05) is 19.0 Å². The van der Waals surface area contributed by atoms with Gasteiger partial charge < -0.3 is 20.1 Å². The average molecular weight is 256 g/mol. The molecule has 0 bridgehead atoms. The summed E-state index contributed by atoms with van der Waals surface area (Å²) in [5, 5.41) is 5.85. The van der Waals surface area contributed by atoms with Crippen LogP contribution < -0.4 is 10.6 Å². The molecule has 0 aromatic carbocycles. The molecular formula is C13H24N2O3. The summed E-state index contributed by atoms with van der Waals surface area (Å²) in [6.07, 6.45) is 1.90. The van der Waals surface area contributed by atoms with Crippen molar-refractivity contribution in [3.05, 3.63) is 0 Å². The van der Waals surface area contributed by atoms with Crippen LogP contribution in [0.1, 0.15) is 33.6 Å². The second-order valence-corrected chi connectivity index (χ2v) is 5.81. The molecule has 104 valence electrons. The summed E-state index contributed by atoms with van der Waals surface area (Å²) in [5.41, 5.74) is 0. The van der Waals surface area contributed by atoms with Crippen LogP contribution in [0.2, 0.25) is 0 Å². The molecule has 1 saturated heterocycles. The fraction of sp³-hybridized carbons (Fsp3) is 0.923. The normalized spacial score (nSPS) is 30.8. The molecule has 1 heterocycles. The SMILES string of the molecule is CC(CNC(=O)NC1CC1C)CC1(C)OCCO1. The molecule has 0 aromatic heterocycles. The molecular weight excluding hydrogens is 232 g/mol. The lowest BCUT2D eigenvalue weighted by Gasteiger charge is -2.26. The molecule has 1 saturated carbocycles. The summed E-state index contributed by atoms with van der Waals surface area (Å²) in [6.45, 7) is 8.17. The van der Waals surface area contributed by atoms with Gasteiger partial charge in [-0.05, 0) is 25.2 Å². The van der Waals surface area contributed by atoms with Gasteiger partial charge in [-0.2, -0.15) is 0 Å². The predicted molar refractivity (Wildman–Crippen MR) is 68.2 cm³/mol. The van der Waals surface area contributed by atoms with Gasteiger partial charge in [-0.3, -0.25) is 0 Å². The molecule has 1 aliphatic carbocycles. The van der Waals surface area contributed by atoms with Crippen molar-refractivity contribution < 1.29 is 14.3 Å². The molecule has 2 aliphatic rings. The van der Waals surface area contributed by atoms with Gasteiger partial charge in [-0.25, -0.2) is 4.79 Å². The number of carbonyl (C=O) groups excluding carboxylic acids is 1. The zero-order valence-corrected chi connectivity index (χ0v) is 11.5. The second kappa shape index (κ2) is 5.45. The zero-order valence-electron chi connectivity index (χ0n) is 11.5. The van der Waals surface area contributed by atoms with Crippen LogP contribution in [0.3, 0.4) is 0 Å². The molecule has 2 fully saturated rings. The van der Waals surface area contributed by atoms with Crippen LogP contribution in [0.15, 0.2) is 0 Å². The first-order valence-corrected chi connectivity index (χ1v) is 6.81. The van der Waals surface area contributed by atoms with E-state index in [0.29, 0.717) is 37.6 Å². The van der Waals surface area contributed by atoms with E-state index in [2.05, 4.69) is 24.5 Å². The van der Waals surface area contributed by atoms with Crippen LogP contribution in [-0.4, -0.2) is 37.6 Å². The lowest BCUT2D eigenvalue weighted by molar-refractivity contribution is -0.153. The van der Waals surface area contributed by atoms with Crippen molar-refractivity contribution in [1.82, 2.24) is 10.6 Å². The smallest absolute Gasteiger partial charge is 0.315 e. The highest BCUT2D eigenvalue weighted by Crippen LogP contribution is 2.29. The van der Waals surface area contributed by atoms with E-state index in [1.165, 1.54) is 0 Å². The van der Waals surface area contributed by atoms with Crippen molar-refractivity contribution in [3.63, 3.8) is 0 Å². The number of nitrogens with one attached hydrogen (secondary N) is 2. The van der Waals surface area contributed by atoms with E-state index in [1.54, 1.807) is 0 Å². The van der Waals surface area contributed by atoms with Crippen molar-refractivity contribution in [2.45, 2.75) is 45.4 Å². The summed E-state index contributed by atoms with van der Waals surface area (Å²) in [6, 6.07) is 0.314. The molecule has 5 nitrogen and oxygen atoms in total. The summed E-state index contributed by atoms with van der Waals surface area (Å²) in [7, 11) is 0. The van der Waals surface area contributed by atoms with Gasteiger partial charge in [-0.1, -0.05) is 13.8 Å². The Labute approximate surface area is 109 Å². The molecule has 5 heteroatoms. The van der Waals surface area contributed by atoms with Crippen LogP contribution in [0.4, 0.5) is 4.79 Å². The van der Waals surface area contributed by atoms with E-state index >= 15 is 0 Å². The minimum Gasteiger partial charge on any atom is -0.348 e. The Kier molecular flexibility index (Phi) is 4.12. The van der Waals surface area contributed by atoms with Gasteiger partial charge in [0.15, 0.2) is 5.79 Å². The largest absolute Gasteiger partial charge is 0.348 e. The van der Waals surface area contributed by atoms with Crippen LogP contribution in [0.5, 0.6) is 0 Å². The van der Waals surface area contributed by atoms with E-state index < -0.39 is 5.79 Å². The predicted octanol–water partition coefficient (Wildman–Crippen LogP) is 1.48. The van der Waals surface area contributed by atoms with Crippen molar-refractivity contribution in [2.75, 3.05) is 19.8 Å². The van der Waals surface area contributed by atoms with E-state index in [-0.39, 0.29) is 6.03 Å². The zero-order chi connectivity index (χ0) is 13.2. The van der Waals surface area contributed by atoms with Crippen molar-refractivity contribution in [1.29, 1.82) is 0 Å². The summed E-state index contributed by atoms with van der Waals surface area (Å²) < 4.78 is 11.1. The maximum atomic E-state index is 11.6. The minimum atomic E-state index is -0.470. The summed E-state index contributed by atoms with van der Waals surface area (Å²) in [5.74, 6) is 0.491. The number of hydrogen-bond donors (Lipinski definition) is 2. The fourth-order valence-corrected chi connectivity index (χ4v) is 2.39. The third-order valence-corrected chi connectivity index (χ3v) is 3.65. The van der Waals surface area contributed by atoms with E-state index in [4.69, 9.17) is 9.47 Å². The van der Waals surface area contributed by atoms with Crippen molar-refractivity contribution in [3.8, 4) is 0 Å². The molecule has 3 unspecified atom stereocenters.